The molecule has 0 aliphatic heterocycles. The van der Waals surface area contributed by atoms with E-state index in [0.717, 1.165) is 23.1 Å². The van der Waals surface area contributed by atoms with Gasteiger partial charge in [0.05, 0.1) is 12.1 Å². The first-order valence-corrected chi connectivity index (χ1v) is 5.76. The first-order valence-electron chi connectivity index (χ1n) is 5.76. The van der Waals surface area contributed by atoms with Gasteiger partial charge in [-0.05, 0) is 31.2 Å². The molecule has 0 saturated heterocycles. The van der Waals surface area contributed by atoms with Crippen molar-refractivity contribution < 1.29 is 5.11 Å². The average molecular weight is 231 g/mol. The predicted molar refractivity (Wildman–Crippen MR) is 71.1 cm³/mol. The van der Waals surface area contributed by atoms with Crippen molar-refractivity contribution in [3.8, 4) is 0 Å². The summed E-state index contributed by atoms with van der Waals surface area (Å²) in [6.07, 6.45) is 1.77. The van der Waals surface area contributed by atoms with Crippen molar-refractivity contribution in [3.05, 3.63) is 30.5 Å². The van der Waals surface area contributed by atoms with Gasteiger partial charge in [0.15, 0.2) is 0 Å². The van der Waals surface area contributed by atoms with E-state index >= 15 is 0 Å². The third-order valence-electron chi connectivity index (χ3n) is 2.84. The van der Waals surface area contributed by atoms with E-state index in [1.165, 1.54) is 0 Å². The maximum absolute atomic E-state index is 9.07. The second kappa shape index (κ2) is 5.01. The number of aromatic nitrogens is 1. The summed E-state index contributed by atoms with van der Waals surface area (Å²) in [5, 5.41) is 10.1. The second-order valence-corrected chi connectivity index (χ2v) is 3.91. The normalized spacial score (nSPS) is 10.7. The Bertz CT molecular complexity index is 513. The molecule has 0 aliphatic carbocycles. The third kappa shape index (κ3) is 2.31. The lowest BCUT2D eigenvalue weighted by Gasteiger charge is -2.23. The molecule has 0 saturated carbocycles. The molecule has 4 nitrogen and oxygen atoms in total. The van der Waals surface area contributed by atoms with Crippen LogP contribution in [0.4, 0.5) is 11.4 Å². The van der Waals surface area contributed by atoms with Crippen LogP contribution in [-0.4, -0.2) is 29.8 Å². The highest BCUT2D eigenvalue weighted by Crippen LogP contribution is 2.26. The Morgan fingerprint density at radius 1 is 1.35 bits per heavy atom. The summed E-state index contributed by atoms with van der Waals surface area (Å²) in [6.45, 7) is 3.69. The van der Waals surface area contributed by atoms with Crippen LogP contribution in [0.1, 0.15) is 6.92 Å². The van der Waals surface area contributed by atoms with Crippen molar-refractivity contribution in [2.45, 2.75) is 6.92 Å². The molecule has 0 unspecified atom stereocenters. The lowest BCUT2D eigenvalue weighted by molar-refractivity contribution is 0.302. The Labute approximate surface area is 101 Å². The number of nitrogen functional groups attached to an aromatic ring is 1. The zero-order valence-electron chi connectivity index (χ0n) is 9.93. The predicted octanol–water partition coefficient (Wildman–Crippen LogP) is 1.64. The highest BCUT2D eigenvalue weighted by Gasteiger charge is 2.08. The molecular weight excluding hydrogens is 214 g/mol. The topological polar surface area (TPSA) is 62.4 Å². The molecule has 1 aromatic carbocycles. The maximum Gasteiger partial charge on any atom is 0.0743 e. The smallest absolute Gasteiger partial charge is 0.0743 e. The van der Waals surface area contributed by atoms with Gasteiger partial charge in [-0.1, -0.05) is 0 Å². The van der Waals surface area contributed by atoms with E-state index in [4.69, 9.17) is 10.8 Å². The van der Waals surface area contributed by atoms with Gasteiger partial charge in [-0.15, -0.1) is 0 Å². The summed E-state index contributed by atoms with van der Waals surface area (Å²) in [5.74, 6) is 0. The minimum absolute atomic E-state index is 0.145. The number of rotatable bonds is 4. The Morgan fingerprint density at radius 3 is 2.88 bits per heavy atom. The van der Waals surface area contributed by atoms with Crippen LogP contribution in [0.3, 0.4) is 0 Å². The van der Waals surface area contributed by atoms with E-state index in [1.54, 1.807) is 6.20 Å². The van der Waals surface area contributed by atoms with Crippen molar-refractivity contribution in [1.82, 2.24) is 4.98 Å². The van der Waals surface area contributed by atoms with Crippen LogP contribution < -0.4 is 10.6 Å². The van der Waals surface area contributed by atoms with Crippen LogP contribution in [-0.2, 0) is 0 Å². The lowest BCUT2D eigenvalue weighted by Crippen LogP contribution is -2.26. The summed E-state index contributed by atoms with van der Waals surface area (Å²) in [7, 11) is 0. The van der Waals surface area contributed by atoms with E-state index in [2.05, 4.69) is 16.8 Å². The summed E-state index contributed by atoms with van der Waals surface area (Å²) in [5.41, 5.74) is 8.44. The fourth-order valence-electron chi connectivity index (χ4n) is 2.00. The number of benzene rings is 1. The molecule has 0 aliphatic rings. The Hall–Kier alpha value is -1.81. The number of likely N-dealkylation sites (N-methyl/N-ethyl adjacent to an activating group) is 1. The van der Waals surface area contributed by atoms with E-state index in [9.17, 15) is 0 Å². The molecule has 3 N–H and O–H groups in total. The van der Waals surface area contributed by atoms with Crippen LogP contribution in [0.25, 0.3) is 10.9 Å². The van der Waals surface area contributed by atoms with E-state index < -0.39 is 0 Å². The van der Waals surface area contributed by atoms with Crippen molar-refractivity contribution >= 4 is 22.3 Å². The van der Waals surface area contributed by atoms with Crippen LogP contribution in [0, 0.1) is 0 Å². The minimum atomic E-state index is 0.145. The number of pyridine rings is 1. The number of aliphatic hydroxyl groups excluding tert-OH is 1. The number of nitrogens with zero attached hydrogens (tertiary/aromatic N) is 2. The monoisotopic (exact) mass is 231 g/mol. The molecule has 0 atom stereocenters. The van der Waals surface area contributed by atoms with Gasteiger partial charge < -0.3 is 15.7 Å². The highest BCUT2D eigenvalue weighted by molar-refractivity contribution is 5.93. The SMILES string of the molecule is CCN(CCO)c1ccnc2cc(N)ccc12. The molecule has 2 aromatic rings. The number of aliphatic hydroxyl groups is 1. The Kier molecular flexibility index (Phi) is 3.44. The fourth-order valence-corrected chi connectivity index (χ4v) is 2.00. The van der Waals surface area contributed by atoms with Gasteiger partial charge in [-0.3, -0.25) is 4.98 Å². The highest BCUT2D eigenvalue weighted by atomic mass is 16.3. The molecule has 90 valence electrons. The summed E-state index contributed by atoms with van der Waals surface area (Å²) >= 11 is 0. The van der Waals surface area contributed by atoms with Gasteiger partial charge in [0, 0.05) is 36.0 Å². The van der Waals surface area contributed by atoms with Crippen molar-refractivity contribution in [2.75, 3.05) is 30.3 Å². The Balaban J connectivity index is 2.53. The van der Waals surface area contributed by atoms with Crippen LogP contribution in [0.15, 0.2) is 30.5 Å². The zero-order chi connectivity index (χ0) is 12.3. The van der Waals surface area contributed by atoms with E-state index in [-0.39, 0.29) is 6.61 Å². The number of hydrogen-bond donors (Lipinski definition) is 2. The fraction of sp³-hybridized carbons (Fsp3) is 0.308. The van der Waals surface area contributed by atoms with Gasteiger partial charge in [-0.2, -0.15) is 0 Å². The molecule has 0 bridgehead atoms. The number of hydrogen-bond acceptors (Lipinski definition) is 4. The number of fused-ring (bicyclic) bond motifs is 1. The minimum Gasteiger partial charge on any atom is -0.399 e. The largest absolute Gasteiger partial charge is 0.399 e. The van der Waals surface area contributed by atoms with Crippen LogP contribution in [0.5, 0.6) is 0 Å². The van der Waals surface area contributed by atoms with Crippen LogP contribution >= 0.6 is 0 Å². The molecule has 0 radical (unpaired) electrons. The summed E-state index contributed by atoms with van der Waals surface area (Å²) in [6, 6.07) is 7.69. The third-order valence-corrected chi connectivity index (χ3v) is 2.84. The van der Waals surface area contributed by atoms with Crippen LogP contribution in [0.2, 0.25) is 0 Å². The molecule has 0 amide bonds. The van der Waals surface area contributed by atoms with Crippen molar-refractivity contribution in [2.24, 2.45) is 0 Å². The van der Waals surface area contributed by atoms with Gasteiger partial charge in [-0.25, -0.2) is 0 Å². The van der Waals surface area contributed by atoms with Crippen molar-refractivity contribution in [3.63, 3.8) is 0 Å². The van der Waals surface area contributed by atoms with Gasteiger partial charge in [0.2, 0.25) is 0 Å². The van der Waals surface area contributed by atoms with E-state index in [0.29, 0.717) is 12.2 Å². The van der Waals surface area contributed by atoms with Gasteiger partial charge >= 0.3 is 0 Å². The molecule has 2 rings (SSSR count). The lowest BCUT2D eigenvalue weighted by atomic mass is 10.1. The Morgan fingerprint density at radius 2 is 2.18 bits per heavy atom. The average Bonchev–Trinajstić information content (AvgIpc) is 2.35. The molecule has 1 aromatic heterocycles. The molecule has 4 heteroatoms. The second-order valence-electron chi connectivity index (χ2n) is 3.91. The molecular formula is C13H17N3O. The van der Waals surface area contributed by atoms with Crippen molar-refractivity contribution in [1.29, 1.82) is 0 Å². The molecule has 1 heterocycles. The zero-order valence-corrected chi connectivity index (χ0v) is 9.93. The molecule has 0 fully saturated rings. The van der Waals surface area contributed by atoms with Gasteiger partial charge in [0.25, 0.3) is 0 Å². The quantitative estimate of drug-likeness (QED) is 0.785. The van der Waals surface area contributed by atoms with Gasteiger partial charge in [0.1, 0.15) is 0 Å². The summed E-state index contributed by atoms with van der Waals surface area (Å²) < 4.78 is 0. The first-order chi connectivity index (χ1) is 8.26. The first kappa shape index (κ1) is 11.7. The molecule has 17 heavy (non-hydrogen) atoms. The van der Waals surface area contributed by atoms with E-state index in [1.807, 2.05) is 24.3 Å². The number of nitrogens with two attached hydrogens (primary N) is 1. The maximum atomic E-state index is 9.07. The number of anilines is 2. The summed E-state index contributed by atoms with van der Waals surface area (Å²) in [4.78, 5) is 6.44. The standard InChI is InChI=1S/C13H17N3O/c1-2-16(7-8-17)13-5-6-15-12-9-10(14)3-4-11(12)13/h3-6,9,17H,2,7-8,14H2,1H3. The molecule has 0 spiro atoms.